The minimum Gasteiger partial charge on any atom is -0.497 e. The standard InChI is InChI=1S/C20H23NO5/c1-24-17-10-6-9-16(11-17)12-18(20(23)25-2)21-19(22)14-26-13-15-7-4-3-5-8-15/h3-11,18H,12-14H2,1-2H3,(H,21,22)/t18-/m0/s1. The number of carbonyl (C=O) groups excluding carboxylic acids is 2. The molecule has 0 spiro atoms. The van der Waals surface area contributed by atoms with Crippen LogP contribution in [0.5, 0.6) is 5.75 Å². The van der Waals surface area contributed by atoms with Crippen LogP contribution in [-0.2, 0) is 32.1 Å². The van der Waals surface area contributed by atoms with Crippen molar-refractivity contribution < 1.29 is 23.8 Å². The normalized spacial score (nSPS) is 11.5. The number of hydrogen-bond donors (Lipinski definition) is 1. The molecular weight excluding hydrogens is 334 g/mol. The summed E-state index contributed by atoms with van der Waals surface area (Å²) in [7, 11) is 2.86. The van der Waals surface area contributed by atoms with Crippen LogP contribution in [0.1, 0.15) is 11.1 Å². The average molecular weight is 357 g/mol. The van der Waals surface area contributed by atoms with E-state index < -0.39 is 12.0 Å². The van der Waals surface area contributed by atoms with Gasteiger partial charge in [0.25, 0.3) is 0 Å². The fourth-order valence-corrected chi connectivity index (χ4v) is 2.44. The van der Waals surface area contributed by atoms with Gasteiger partial charge in [0.05, 0.1) is 20.8 Å². The van der Waals surface area contributed by atoms with Gasteiger partial charge in [0.1, 0.15) is 18.4 Å². The van der Waals surface area contributed by atoms with Crippen molar-refractivity contribution in [2.75, 3.05) is 20.8 Å². The third kappa shape index (κ3) is 6.22. The average Bonchev–Trinajstić information content (AvgIpc) is 2.68. The van der Waals surface area contributed by atoms with Crippen molar-refractivity contribution in [2.45, 2.75) is 19.1 Å². The van der Waals surface area contributed by atoms with Crippen LogP contribution < -0.4 is 10.1 Å². The van der Waals surface area contributed by atoms with E-state index in [-0.39, 0.29) is 12.5 Å². The van der Waals surface area contributed by atoms with Gasteiger partial charge >= 0.3 is 5.97 Å². The highest BCUT2D eigenvalue weighted by atomic mass is 16.5. The molecule has 0 saturated carbocycles. The number of carbonyl (C=O) groups is 2. The predicted octanol–water partition coefficient (Wildman–Crippen LogP) is 2.11. The van der Waals surface area contributed by atoms with Gasteiger partial charge in [-0.3, -0.25) is 4.79 Å². The fourth-order valence-electron chi connectivity index (χ4n) is 2.44. The first-order chi connectivity index (χ1) is 12.6. The number of rotatable bonds is 9. The Morgan fingerprint density at radius 1 is 1.00 bits per heavy atom. The highest BCUT2D eigenvalue weighted by Gasteiger charge is 2.22. The van der Waals surface area contributed by atoms with E-state index in [2.05, 4.69) is 5.32 Å². The SMILES string of the molecule is COC(=O)[C@H](Cc1cccc(OC)c1)NC(=O)COCc1ccccc1. The first-order valence-electron chi connectivity index (χ1n) is 8.24. The van der Waals surface area contributed by atoms with Gasteiger partial charge in [-0.1, -0.05) is 42.5 Å². The first kappa shape index (κ1) is 19.5. The Balaban J connectivity index is 1.89. The zero-order valence-electron chi connectivity index (χ0n) is 14.9. The summed E-state index contributed by atoms with van der Waals surface area (Å²) in [5.74, 6) is -0.202. The van der Waals surface area contributed by atoms with Crippen LogP contribution in [0.3, 0.4) is 0 Å². The summed E-state index contributed by atoms with van der Waals surface area (Å²) >= 11 is 0. The third-order valence-electron chi connectivity index (χ3n) is 3.74. The Bertz CT molecular complexity index is 717. The van der Waals surface area contributed by atoms with Gasteiger partial charge in [-0.05, 0) is 23.3 Å². The van der Waals surface area contributed by atoms with Crippen molar-refractivity contribution in [1.82, 2.24) is 5.32 Å². The quantitative estimate of drug-likeness (QED) is 0.696. The molecule has 0 aliphatic carbocycles. The minimum absolute atomic E-state index is 0.138. The molecule has 2 aromatic rings. The topological polar surface area (TPSA) is 73.9 Å². The molecule has 1 atom stereocenters. The van der Waals surface area contributed by atoms with Gasteiger partial charge < -0.3 is 19.5 Å². The maximum atomic E-state index is 12.1. The van der Waals surface area contributed by atoms with Crippen molar-refractivity contribution >= 4 is 11.9 Å². The summed E-state index contributed by atoms with van der Waals surface area (Å²) < 4.78 is 15.4. The molecule has 0 saturated heterocycles. The van der Waals surface area contributed by atoms with E-state index in [0.717, 1.165) is 11.1 Å². The van der Waals surface area contributed by atoms with E-state index in [1.165, 1.54) is 7.11 Å². The van der Waals surface area contributed by atoms with E-state index in [1.807, 2.05) is 54.6 Å². The molecule has 2 aromatic carbocycles. The van der Waals surface area contributed by atoms with Crippen LogP contribution in [0.15, 0.2) is 54.6 Å². The number of nitrogens with one attached hydrogen (secondary N) is 1. The molecule has 6 heteroatoms. The van der Waals surface area contributed by atoms with E-state index in [1.54, 1.807) is 7.11 Å². The Kier molecular flexibility index (Phi) is 7.64. The van der Waals surface area contributed by atoms with E-state index in [0.29, 0.717) is 18.8 Å². The Hall–Kier alpha value is -2.86. The number of benzene rings is 2. The molecule has 1 N–H and O–H groups in total. The van der Waals surface area contributed by atoms with Crippen LogP contribution in [0.2, 0.25) is 0 Å². The summed E-state index contributed by atoms with van der Waals surface area (Å²) in [4.78, 5) is 24.1. The molecule has 2 rings (SSSR count). The van der Waals surface area contributed by atoms with Gasteiger partial charge in [0.2, 0.25) is 5.91 Å². The molecule has 0 aromatic heterocycles. The van der Waals surface area contributed by atoms with Crippen LogP contribution in [0.4, 0.5) is 0 Å². The van der Waals surface area contributed by atoms with Gasteiger partial charge in [-0.15, -0.1) is 0 Å². The predicted molar refractivity (Wildman–Crippen MR) is 96.7 cm³/mol. The van der Waals surface area contributed by atoms with Gasteiger partial charge in [-0.2, -0.15) is 0 Å². The van der Waals surface area contributed by atoms with Gasteiger partial charge in [0.15, 0.2) is 0 Å². The summed E-state index contributed by atoms with van der Waals surface area (Å²) in [6.07, 6.45) is 0.300. The van der Waals surface area contributed by atoms with Crippen LogP contribution in [0.25, 0.3) is 0 Å². The van der Waals surface area contributed by atoms with Gasteiger partial charge in [0, 0.05) is 6.42 Å². The highest BCUT2D eigenvalue weighted by molar-refractivity contribution is 5.85. The Labute approximate surface area is 153 Å². The van der Waals surface area contributed by atoms with E-state index in [4.69, 9.17) is 14.2 Å². The second kappa shape index (κ2) is 10.2. The number of ether oxygens (including phenoxy) is 3. The molecule has 0 radical (unpaired) electrons. The van der Waals surface area contributed by atoms with Crippen LogP contribution >= 0.6 is 0 Å². The molecule has 0 aliphatic rings. The fraction of sp³-hybridized carbons (Fsp3) is 0.300. The lowest BCUT2D eigenvalue weighted by atomic mass is 10.1. The van der Waals surface area contributed by atoms with Crippen molar-refractivity contribution in [1.29, 1.82) is 0 Å². The second-order valence-electron chi connectivity index (χ2n) is 5.68. The Morgan fingerprint density at radius 2 is 1.73 bits per heavy atom. The molecule has 138 valence electrons. The molecule has 0 unspecified atom stereocenters. The zero-order chi connectivity index (χ0) is 18.8. The van der Waals surface area contributed by atoms with Crippen molar-refractivity contribution in [3.05, 3.63) is 65.7 Å². The maximum absolute atomic E-state index is 12.1. The molecule has 0 heterocycles. The molecule has 0 fully saturated rings. The Morgan fingerprint density at radius 3 is 2.42 bits per heavy atom. The lowest BCUT2D eigenvalue weighted by molar-refractivity contribution is -0.145. The monoisotopic (exact) mass is 357 g/mol. The molecule has 0 bridgehead atoms. The van der Waals surface area contributed by atoms with Crippen molar-refractivity contribution in [3.63, 3.8) is 0 Å². The summed E-state index contributed by atoms with van der Waals surface area (Å²) in [6.45, 7) is 0.188. The molecule has 6 nitrogen and oxygen atoms in total. The van der Waals surface area contributed by atoms with E-state index in [9.17, 15) is 9.59 Å². The summed E-state index contributed by atoms with van der Waals surface area (Å²) in [6, 6.07) is 16.1. The number of methoxy groups -OCH3 is 2. The first-order valence-corrected chi connectivity index (χ1v) is 8.24. The van der Waals surface area contributed by atoms with Crippen molar-refractivity contribution in [3.8, 4) is 5.75 Å². The van der Waals surface area contributed by atoms with Crippen LogP contribution in [-0.4, -0.2) is 38.7 Å². The second-order valence-corrected chi connectivity index (χ2v) is 5.68. The maximum Gasteiger partial charge on any atom is 0.328 e. The zero-order valence-corrected chi connectivity index (χ0v) is 14.9. The third-order valence-corrected chi connectivity index (χ3v) is 3.74. The number of amides is 1. The smallest absolute Gasteiger partial charge is 0.328 e. The van der Waals surface area contributed by atoms with Crippen molar-refractivity contribution in [2.24, 2.45) is 0 Å². The molecule has 0 aliphatic heterocycles. The molecule has 1 amide bonds. The van der Waals surface area contributed by atoms with Crippen LogP contribution in [0, 0.1) is 0 Å². The lowest BCUT2D eigenvalue weighted by Gasteiger charge is -2.17. The molecular formula is C20H23NO5. The van der Waals surface area contributed by atoms with E-state index >= 15 is 0 Å². The summed E-state index contributed by atoms with van der Waals surface area (Å²) in [5.41, 5.74) is 1.83. The number of hydrogen-bond acceptors (Lipinski definition) is 5. The lowest BCUT2D eigenvalue weighted by Crippen LogP contribution is -2.44. The molecule has 26 heavy (non-hydrogen) atoms. The minimum atomic E-state index is -0.792. The number of esters is 1. The van der Waals surface area contributed by atoms with Gasteiger partial charge in [-0.25, -0.2) is 4.79 Å². The summed E-state index contributed by atoms with van der Waals surface area (Å²) in [5, 5.41) is 2.66. The highest BCUT2D eigenvalue weighted by Crippen LogP contribution is 2.14. The largest absolute Gasteiger partial charge is 0.497 e.